The zero-order chi connectivity index (χ0) is 9.14. The molecule has 0 spiro atoms. The van der Waals surface area contributed by atoms with Crippen molar-refractivity contribution in [2.75, 3.05) is 0 Å². The van der Waals surface area contributed by atoms with Crippen LogP contribution in [0.4, 0.5) is 0 Å². The van der Waals surface area contributed by atoms with Gasteiger partial charge in [0.1, 0.15) is 11.8 Å². The SMILES string of the molecule is N[C@@H](C(=O)O)[C@@H]1CCCCC1=O. The molecule has 0 aromatic carbocycles. The Balaban J connectivity index is 2.59. The third-order valence-corrected chi connectivity index (χ3v) is 2.32. The number of carbonyl (C=O) groups is 2. The molecule has 2 atom stereocenters. The molecule has 68 valence electrons. The Bertz CT molecular complexity index is 202. The minimum absolute atomic E-state index is 0.0103. The van der Waals surface area contributed by atoms with Crippen LogP contribution < -0.4 is 5.73 Å². The van der Waals surface area contributed by atoms with Gasteiger partial charge in [0, 0.05) is 12.3 Å². The summed E-state index contributed by atoms with van der Waals surface area (Å²) in [5.41, 5.74) is 5.36. The van der Waals surface area contributed by atoms with Crippen molar-refractivity contribution in [1.82, 2.24) is 0 Å². The summed E-state index contributed by atoms with van der Waals surface area (Å²) >= 11 is 0. The van der Waals surface area contributed by atoms with E-state index in [1.54, 1.807) is 0 Å². The summed E-state index contributed by atoms with van der Waals surface area (Å²) in [5.74, 6) is -1.51. The Kier molecular flexibility index (Phi) is 2.81. The summed E-state index contributed by atoms with van der Waals surface area (Å²) in [6.07, 6.45) is 2.91. The Labute approximate surface area is 70.7 Å². The molecule has 0 aromatic rings. The second-order valence-electron chi connectivity index (χ2n) is 3.18. The van der Waals surface area contributed by atoms with E-state index in [0.29, 0.717) is 12.8 Å². The van der Waals surface area contributed by atoms with Crippen LogP contribution in [-0.4, -0.2) is 22.9 Å². The largest absolute Gasteiger partial charge is 0.480 e. The molecule has 1 saturated carbocycles. The van der Waals surface area contributed by atoms with E-state index in [0.717, 1.165) is 12.8 Å². The highest BCUT2D eigenvalue weighted by Gasteiger charge is 2.31. The van der Waals surface area contributed by atoms with Gasteiger partial charge in [-0.15, -0.1) is 0 Å². The van der Waals surface area contributed by atoms with E-state index in [-0.39, 0.29) is 5.78 Å². The second-order valence-corrected chi connectivity index (χ2v) is 3.18. The molecule has 12 heavy (non-hydrogen) atoms. The van der Waals surface area contributed by atoms with Crippen molar-refractivity contribution in [1.29, 1.82) is 0 Å². The minimum Gasteiger partial charge on any atom is -0.480 e. The molecule has 0 aromatic heterocycles. The van der Waals surface area contributed by atoms with Crippen molar-refractivity contribution in [3.05, 3.63) is 0 Å². The third kappa shape index (κ3) is 1.82. The molecule has 1 rings (SSSR count). The lowest BCUT2D eigenvalue weighted by Crippen LogP contribution is -2.43. The van der Waals surface area contributed by atoms with E-state index >= 15 is 0 Å². The van der Waals surface area contributed by atoms with Gasteiger partial charge >= 0.3 is 5.97 Å². The van der Waals surface area contributed by atoms with Crippen LogP contribution in [0, 0.1) is 5.92 Å². The van der Waals surface area contributed by atoms with Gasteiger partial charge in [-0.1, -0.05) is 6.42 Å². The maximum atomic E-state index is 11.2. The summed E-state index contributed by atoms with van der Waals surface area (Å²) in [5, 5.41) is 8.57. The lowest BCUT2D eigenvalue weighted by molar-refractivity contribution is -0.143. The van der Waals surface area contributed by atoms with Gasteiger partial charge in [0.05, 0.1) is 0 Å². The van der Waals surface area contributed by atoms with Crippen molar-refractivity contribution in [2.24, 2.45) is 11.7 Å². The maximum absolute atomic E-state index is 11.2. The molecule has 4 heteroatoms. The molecule has 3 N–H and O–H groups in total. The number of ketones is 1. The third-order valence-electron chi connectivity index (χ3n) is 2.32. The number of Topliss-reactive ketones (excluding diaryl/α,β-unsaturated/α-hetero) is 1. The molecule has 0 unspecified atom stereocenters. The number of hydrogen-bond donors (Lipinski definition) is 2. The van der Waals surface area contributed by atoms with Crippen LogP contribution in [0.15, 0.2) is 0 Å². The molecular weight excluding hydrogens is 158 g/mol. The zero-order valence-corrected chi connectivity index (χ0v) is 6.82. The number of rotatable bonds is 2. The quantitative estimate of drug-likeness (QED) is 0.620. The first-order valence-electron chi connectivity index (χ1n) is 4.14. The summed E-state index contributed by atoms with van der Waals surface area (Å²) in [6, 6.07) is -1.00. The average Bonchev–Trinajstić information content (AvgIpc) is 2.04. The lowest BCUT2D eigenvalue weighted by atomic mass is 9.83. The van der Waals surface area contributed by atoms with Crippen LogP contribution in [0.1, 0.15) is 25.7 Å². The number of aliphatic carboxylic acids is 1. The van der Waals surface area contributed by atoms with E-state index in [4.69, 9.17) is 10.8 Å². The van der Waals surface area contributed by atoms with E-state index in [1.165, 1.54) is 0 Å². The first-order chi connectivity index (χ1) is 5.63. The topological polar surface area (TPSA) is 80.4 Å². The van der Waals surface area contributed by atoms with Crippen molar-refractivity contribution in [3.63, 3.8) is 0 Å². The lowest BCUT2D eigenvalue weighted by Gasteiger charge is -2.23. The zero-order valence-electron chi connectivity index (χ0n) is 6.82. The fraction of sp³-hybridized carbons (Fsp3) is 0.750. The van der Waals surface area contributed by atoms with Crippen LogP contribution in [-0.2, 0) is 9.59 Å². The molecule has 0 saturated heterocycles. The Morgan fingerprint density at radius 1 is 1.58 bits per heavy atom. The highest BCUT2D eigenvalue weighted by Crippen LogP contribution is 2.22. The Hall–Kier alpha value is -0.900. The van der Waals surface area contributed by atoms with Crippen LogP contribution in [0.5, 0.6) is 0 Å². The number of hydrogen-bond acceptors (Lipinski definition) is 3. The van der Waals surface area contributed by atoms with Crippen LogP contribution in [0.2, 0.25) is 0 Å². The predicted molar refractivity (Wildman–Crippen MR) is 42.6 cm³/mol. The Morgan fingerprint density at radius 3 is 2.75 bits per heavy atom. The Morgan fingerprint density at radius 2 is 2.25 bits per heavy atom. The molecule has 1 aliphatic carbocycles. The summed E-state index contributed by atoms with van der Waals surface area (Å²) in [7, 11) is 0. The van der Waals surface area contributed by atoms with Gasteiger partial charge in [-0.05, 0) is 12.8 Å². The van der Waals surface area contributed by atoms with E-state index in [1.807, 2.05) is 0 Å². The maximum Gasteiger partial charge on any atom is 0.321 e. The van der Waals surface area contributed by atoms with E-state index in [9.17, 15) is 9.59 Å². The van der Waals surface area contributed by atoms with Crippen molar-refractivity contribution in [2.45, 2.75) is 31.7 Å². The number of carboxylic acids is 1. The number of nitrogens with two attached hydrogens (primary N) is 1. The second kappa shape index (κ2) is 3.67. The molecule has 1 aliphatic rings. The van der Waals surface area contributed by atoms with Gasteiger partial charge in [-0.25, -0.2) is 0 Å². The van der Waals surface area contributed by atoms with Gasteiger partial charge in [0.2, 0.25) is 0 Å². The van der Waals surface area contributed by atoms with E-state index < -0.39 is 17.9 Å². The normalized spacial score (nSPS) is 26.8. The molecule has 0 radical (unpaired) electrons. The molecule has 0 bridgehead atoms. The van der Waals surface area contributed by atoms with Gasteiger partial charge < -0.3 is 10.8 Å². The summed E-state index contributed by atoms with van der Waals surface area (Å²) in [4.78, 5) is 21.7. The van der Waals surface area contributed by atoms with Gasteiger partial charge in [0.25, 0.3) is 0 Å². The van der Waals surface area contributed by atoms with Crippen LogP contribution >= 0.6 is 0 Å². The summed E-state index contributed by atoms with van der Waals surface area (Å²) < 4.78 is 0. The fourth-order valence-corrected chi connectivity index (χ4v) is 1.56. The monoisotopic (exact) mass is 171 g/mol. The van der Waals surface area contributed by atoms with Gasteiger partial charge in [-0.3, -0.25) is 9.59 Å². The smallest absolute Gasteiger partial charge is 0.321 e. The van der Waals surface area contributed by atoms with Crippen molar-refractivity contribution in [3.8, 4) is 0 Å². The van der Waals surface area contributed by atoms with Crippen LogP contribution in [0.25, 0.3) is 0 Å². The first kappa shape index (κ1) is 9.19. The molecule has 0 aliphatic heterocycles. The van der Waals surface area contributed by atoms with Gasteiger partial charge in [-0.2, -0.15) is 0 Å². The highest BCUT2D eigenvalue weighted by atomic mass is 16.4. The fourth-order valence-electron chi connectivity index (χ4n) is 1.56. The molecule has 0 amide bonds. The minimum atomic E-state index is -1.07. The number of carbonyl (C=O) groups excluding carboxylic acids is 1. The van der Waals surface area contributed by atoms with Gasteiger partial charge in [0.15, 0.2) is 0 Å². The van der Waals surface area contributed by atoms with E-state index in [2.05, 4.69) is 0 Å². The highest BCUT2D eigenvalue weighted by molar-refractivity contribution is 5.88. The average molecular weight is 171 g/mol. The number of carboxylic acid groups (broad SMARTS) is 1. The van der Waals surface area contributed by atoms with Crippen molar-refractivity contribution >= 4 is 11.8 Å². The molecule has 0 heterocycles. The van der Waals surface area contributed by atoms with Crippen LogP contribution in [0.3, 0.4) is 0 Å². The molecule has 1 fully saturated rings. The molecular formula is C8H13NO3. The first-order valence-corrected chi connectivity index (χ1v) is 4.14. The standard InChI is InChI=1S/C8H13NO3/c9-7(8(11)12)5-3-1-2-4-6(5)10/h5,7H,1-4,9H2,(H,11,12)/t5-,7-/m1/s1. The van der Waals surface area contributed by atoms with Crippen molar-refractivity contribution < 1.29 is 14.7 Å². The molecule has 4 nitrogen and oxygen atoms in total. The summed E-state index contributed by atoms with van der Waals surface area (Å²) in [6.45, 7) is 0. The predicted octanol–water partition coefficient (Wildman–Crippen LogP) is 0.158.